The van der Waals surface area contributed by atoms with Crippen LogP contribution in [0.15, 0.2) is 42.5 Å². The van der Waals surface area contributed by atoms with Gasteiger partial charge < -0.3 is 5.32 Å². The molecule has 0 fully saturated rings. The number of nitrogens with zero attached hydrogens (tertiary/aromatic N) is 1. The Morgan fingerprint density at radius 1 is 1.08 bits per heavy atom. The molecule has 0 heterocycles. The van der Waals surface area contributed by atoms with Gasteiger partial charge in [0, 0.05) is 17.1 Å². The molecule has 0 radical (unpaired) electrons. The number of aryl methyl sites for hydroxylation is 2. The van der Waals surface area contributed by atoms with Gasteiger partial charge in [-0.2, -0.15) is 0 Å². The average Bonchev–Trinajstić information content (AvgIpc) is 2.54. The number of hydrogen-bond acceptors (Lipinski definition) is 3. The highest BCUT2D eigenvalue weighted by Crippen LogP contribution is 2.20. The Bertz CT molecular complexity index is 864. The first-order valence-electron chi connectivity index (χ1n) is 7.77. The molecule has 0 spiro atoms. The van der Waals surface area contributed by atoms with Crippen molar-refractivity contribution in [3.05, 3.63) is 64.2 Å². The van der Waals surface area contributed by atoms with Gasteiger partial charge in [0.05, 0.1) is 18.5 Å². The number of rotatable bonds is 6. The summed E-state index contributed by atoms with van der Waals surface area (Å²) in [6, 6.07) is 12.0. The largest absolute Gasteiger partial charge is 0.350 e. The predicted molar refractivity (Wildman–Crippen MR) is 102 cm³/mol. The lowest BCUT2D eigenvalue weighted by molar-refractivity contribution is 0.0954. The molecule has 134 valence electrons. The van der Waals surface area contributed by atoms with Gasteiger partial charge in [-0.05, 0) is 61.4 Å². The van der Waals surface area contributed by atoms with Gasteiger partial charge in [0.1, 0.15) is 0 Å². The molecular weight excluding hydrogens is 360 g/mol. The second kappa shape index (κ2) is 7.89. The van der Waals surface area contributed by atoms with Gasteiger partial charge in [-0.3, -0.25) is 9.10 Å². The minimum Gasteiger partial charge on any atom is -0.350 e. The molecule has 0 atom stereocenters. The van der Waals surface area contributed by atoms with E-state index in [1.807, 2.05) is 26.0 Å². The molecular formula is C18H21ClN2O3S. The van der Waals surface area contributed by atoms with Crippen LogP contribution in [0.1, 0.15) is 21.5 Å². The molecule has 0 saturated carbocycles. The minimum atomic E-state index is -3.47. The molecule has 0 aromatic heterocycles. The summed E-state index contributed by atoms with van der Waals surface area (Å²) in [5.74, 6) is -0.229. The molecule has 2 aromatic carbocycles. The highest BCUT2D eigenvalue weighted by atomic mass is 35.5. The third-order valence-electron chi connectivity index (χ3n) is 3.88. The lowest BCUT2D eigenvalue weighted by atomic mass is 10.1. The zero-order valence-corrected chi connectivity index (χ0v) is 16.0. The monoisotopic (exact) mass is 380 g/mol. The molecule has 0 aliphatic heterocycles. The van der Waals surface area contributed by atoms with E-state index in [1.165, 1.54) is 4.31 Å². The summed E-state index contributed by atoms with van der Waals surface area (Å²) in [6.45, 7) is 4.25. The SMILES string of the molecule is Cc1ccc(C(=O)NCCN(c2ccc(Cl)cc2)S(C)(=O)=O)cc1C. The number of anilines is 1. The van der Waals surface area contributed by atoms with Crippen LogP contribution in [0.25, 0.3) is 0 Å². The van der Waals surface area contributed by atoms with Crippen molar-refractivity contribution in [2.24, 2.45) is 0 Å². The average molecular weight is 381 g/mol. The molecule has 1 amide bonds. The Morgan fingerprint density at radius 2 is 1.72 bits per heavy atom. The van der Waals surface area contributed by atoms with Crippen molar-refractivity contribution in [2.75, 3.05) is 23.7 Å². The highest BCUT2D eigenvalue weighted by molar-refractivity contribution is 7.92. The first-order valence-corrected chi connectivity index (χ1v) is 10.00. The van der Waals surface area contributed by atoms with E-state index in [1.54, 1.807) is 30.3 Å². The summed E-state index contributed by atoms with van der Waals surface area (Å²) in [5, 5.41) is 3.29. The van der Waals surface area contributed by atoms with Crippen LogP contribution in [0.5, 0.6) is 0 Å². The number of benzene rings is 2. The zero-order valence-electron chi connectivity index (χ0n) is 14.4. The molecule has 5 nitrogen and oxygen atoms in total. The molecule has 0 bridgehead atoms. The van der Waals surface area contributed by atoms with Gasteiger partial charge in [-0.15, -0.1) is 0 Å². The molecule has 0 aliphatic rings. The van der Waals surface area contributed by atoms with Gasteiger partial charge >= 0.3 is 0 Å². The number of amides is 1. The van der Waals surface area contributed by atoms with Crippen molar-refractivity contribution >= 4 is 33.2 Å². The summed E-state index contributed by atoms with van der Waals surface area (Å²) in [5.41, 5.74) is 3.21. The third-order valence-corrected chi connectivity index (χ3v) is 5.33. The van der Waals surface area contributed by atoms with E-state index in [9.17, 15) is 13.2 Å². The van der Waals surface area contributed by atoms with E-state index in [-0.39, 0.29) is 19.0 Å². The Labute approximate surface area is 153 Å². The quantitative estimate of drug-likeness (QED) is 0.837. The van der Waals surface area contributed by atoms with Crippen LogP contribution in [-0.2, 0) is 10.0 Å². The fourth-order valence-electron chi connectivity index (χ4n) is 2.35. The van der Waals surface area contributed by atoms with Crippen LogP contribution in [0.2, 0.25) is 5.02 Å². The Kier molecular flexibility index (Phi) is 6.08. The van der Waals surface area contributed by atoms with E-state index < -0.39 is 10.0 Å². The normalized spacial score (nSPS) is 11.2. The van der Waals surface area contributed by atoms with Crippen LogP contribution < -0.4 is 9.62 Å². The van der Waals surface area contributed by atoms with Crippen LogP contribution in [-0.4, -0.2) is 33.7 Å². The fourth-order valence-corrected chi connectivity index (χ4v) is 3.40. The maximum absolute atomic E-state index is 12.2. The standard InChI is InChI=1S/C18H21ClN2O3S/c1-13-4-5-15(12-14(13)2)18(22)20-10-11-21(25(3,23)24)17-8-6-16(19)7-9-17/h4-9,12H,10-11H2,1-3H3,(H,20,22). The first-order chi connectivity index (χ1) is 11.7. The number of sulfonamides is 1. The van der Waals surface area contributed by atoms with Crippen molar-refractivity contribution < 1.29 is 13.2 Å². The molecule has 2 aromatic rings. The smallest absolute Gasteiger partial charge is 0.251 e. The van der Waals surface area contributed by atoms with Crippen molar-refractivity contribution in [1.29, 1.82) is 0 Å². The lowest BCUT2D eigenvalue weighted by Gasteiger charge is -2.22. The van der Waals surface area contributed by atoms with Gasteiger partial charge in [-0.25, -0.2) is 8.42 Å². The second-order valence-corrected chi connectivity index (χ2v) is 8.21. The fraction of sp³-hybridized carbons (Fsp3) is 0.278. The number of halogens is 1. The van der Waals surface area contributed by atoms with E-state index in [4.69, 9.17) is 11.6 Å². The van der Waals surface area contributed by atoms with E-state index >= 15 is 0 Å². The summed E-state index contributed by atoms with van der Waals surface area (Å²) in [7, 11) is -3.47. The molecule has 25 heavy (non-hydrogen) atoms. The van der Waals surface area contributed by atoms with Crippen molar-refractivity contribution in [3.63, 3.8) is 0 Å². The Balaban J connectivity index is 2.04. The van der Waals surface area contributed by atoms with Crippen LogP contribution in [0, 0.1) is 13.8 Å². The van der Waals surface area contributed by atoms with Crippen LogP contribution in [0.4, 0.5) is 5.69 Å². The molecule has 0 saturated heterocycles. The summed E-state index contributed by atoms with van der Waals surface area (Å²) >= 11 is 5.84. The van der Waals surface area contributed by atoms with Crippen LogP contribution in [0.3, 0.4) is 0 Å². The van der Waals surface area contributed by atoms with Gasteiger partial charge in [0.2, 0.25) is 10.0 Å². The molecule has 0 unspecified atom stereocenters. The number of nitrogens with one attached hydrogen (secondary N) is 1. The Hall–Kier alpha value is -2.05. The van der Waals surface area contributed by atoms with E-state index in [0.29, 0.717) is 16.3 Å². The van der Waals surface area contributed by atoms with Crippen LogP contribution >= 0.6 is 11.6 Å². The molecule has 1 N–H and O–H groups in total. The predicted octanol–water partition coefficient (Wildman–Crippen LogP) is 3.15. The van der Waals surface area contributed by atoms with Crippen molar-refractivity contribution in [2.45, 2.75) is 13.8 Å². The molecule has 2 rings (SSSR count). The van der Waals surface area contributed by atoms with E-state index in [2.05, 4.69) is 5.32 Å². The maximum Gasteiger partial charge on any atom is 0.251 e. The van der Waals surface area contributed by atoms with Gasteiger partial charge in [0.15, 0.2) is 0 Å². The zero-order chi connectivity index (χ0) is 18.6. The maximum atomic E-state index is 12.2. The number of hydrogen-bond donors (Lipinski definition) is 1. The molecule has 7 heteroatoms. The number of carbonyl (C=O) groups excluding carboxylic acids is 1. The molecule has 0 aliphatic carbocycles. The third kappa shape index (κ3) is 5.21. The minimum absolute atomic E-state index is 0.136. The first kappa shape index (κ1) is 19.3. The second-order valence-electron chi connectivity index (χ2n) is 5.87. The highest BCUT2D eigenvalue weighted by Gasteiger charge is 2.17. The van der Waals surface area contributed by atoms with Crippen molar-refractivity contribution in [1.82, 2.24) is 5.32 Å². The van der Waals surface area contributed by atoms with Gasteiger partial charge in [-0.1, -0.05) is 17.7 Å². The summed E-state index contributed by atoms with van der Waals surface area (Å²) in [6.07, 6.45) is 1.13. The summed E-state index contributed by atoms with van der Waals surface area (Å²) in [4.78, 5) is 12.2. The summed E-state index contributed by atoms with van der Waals surface area (Å²) < 4.78 is 25.3. The van der Waals surface area contributed by atoms with Gasteiger partial charge in [0.25, 0.3) is 5.91 Å². The topological polar surface area (TPSA) is 66.5 Å². The lowest BCUT2D eigenvalue weighted by Crippen LogP contribution is -2.38. The Morgan fingerprint density at radius 3 is 2.28 bits per heavy atom. The van der Waals surface area contributed by atoms with E-state index in [0.717, 1.165) is 17.4 Å². The number of carbonyl (C=O) groups is 1. The van der Waals surface area contributed by atoms with Crippen molar-refractivity contribution in [3.8, 4) is 0 Å².